The van der Waals surface area contributed by atoms with Crippen LogP contribution in [0, 0.1) is 5.82 Å². The quantitative estimate of drug-likeness (QED) is 0.743. The number of anilines is 1. The lowest BCUT2D eigenvalue weighted by Crippen LogP contribution is -2.17. The number of hydrogen-bond donors (Lipinski definition) is 1. The van der Waals surface area contributed by atoms with Crippen molar-refractivity contribution in [1.29, 1.82) is 0 Å². The van der Waals surface area contributed by atoms with E-state index < -0.39 is 10.8 Å². The second-order valence-corrected chi connectivity index (χ2v) is 7.69. The fourth-order valence-corrected chi connectivity index (χ4v) is 4.33. The summed E-state index contributed by atoms with van der Waals surface area (Å²) in [5, 5.41) is 7.63. The average Bonchev–Trinajstić information content (AvgIpc) is 3.13. The predicted octanol–water partition coefficient (Wildman–Crippen LogP) is 3.68. The third kappa shape index (κ3) is 3.04. The summed E-state index contributed by atoms with van der Waals surface area (Å²) in [5.74, 6) is 0.325. The van der Waals surface area contributed by atoms with E-state index in [1.165, 1.54) is 16.8 Å². The number of nitrogens with one attached hydrogen (secondary N) is 1. The normalized spacial score (nSPS) is 15.7. The maximum atomic E-state index is 13.2. The van der Waals surface area contributed by atoms with Crippen molar-refractivity contribution in [2.24, 2.45) is 0 Å². The number of carbonyl (C=O) groups is 1. The molecule has 0 radical (unpaired) electrons. The number of amides is 1. The van der Waals surface area contributed by atoms with Crippen molar-refractivity contribution in [2.45, 2.75) is 11.5 Å². The van der Waals surface area contributed by atoms with Gasteiger partial charge in [-0.15, -0.1) is 0 Å². The van der Waals surface area contributed by atoms with E-state index in [4.69, 9.17) is 11.6 Å². The molecule has 2 aromatic carbocycles. The third-order valence-corrected chi connectivity index (χ3v) is 5.63. The van der Waals surface area contributed by atoms with E-state index in [-0.39, 0.29) is 11.7 Å². The van der Waals surface area contributed by atoms with Crippen LogP contribution in [0.4, 0.5) is 10.2 Å². The lowest BCUT2D eigenvalue weighted by Gasteiger charge is -2.11. The van der Waals surface area contributed by atoms with Crippen molar-refractivity contribution < 1.29 is 13.4 Å². The highest BCUT2D eigenvalue weighted by molar-refractivity contribution is 7.83. The van der Waals surface area contributed by atoms with Crippen LogP contribution in [0.5, 0.6) is 0 Å². The molecular formula is C18H13ClFN3O2S. The fourth-order valence-electron chi connectivity index (χ4n) is 2.85. The van der Waals surface area contributed by atoms with Gasteiger partial charge >= 0.3 is 0 Å². The summed E-state index contributed by atoms with van der Waals surface area (Å²) in [6.07, 6.45) is 0. The van der Waals surface area contributed by atoms with E-state index >= 15 is 0 Å². The highest BCUT2D eigenvalue weighted by atomic mass is 35.5. The van der Waals surface area contributed by atoms with Crippen molar-refractivity contribution in [2.75, 3.05) is 5.32 Å². The molecule has 4 rings (SSSR count). The highest BCUT2D eigenvalue weighted by Gasteiger charge is 2.28. The van der Waals surface area contributed by atoms with Gasteiger partial charge in [-0.25, -0.2) is 9.07 Å². The van der Waals surface area contributed by atoms with E-state index in [0.717, 1.165) is 5.56 Å². The second kappa shape index (κ2) is 6.66. The largest absolute Gasteiger partial charge is 0.306 e. The van der Waals surface area contributed by atoms with Gasteiger partial charge in [0.05, 0.1) is 33.5 Å². The van der Waals surface area contributed by atoms with Crippen molar-refractivity contribution in [1.82, 2.24) is 9.78 Å². The molecule has 1 aromatic heterocycles. The molecule has 1 atom stereocenters. The number of nitrogens with zero attached hydrogens (tertiary/aromatic N) is 2. The first-order valence-electron chi connectivity index (χ1n) is 7.80. The van der Waals surface area contributed by atoms with Gasteiger partial charge in [-0.1, -0.05) is 23.7 Å². The maximum Gasteiger partial charge on any atom is 0.258 e. The Bertz CT molecular complexity index is 1030. The van der Waals surface area contributed by atoms with Crippen LogP contribution in [0.3, 0.4) is 0 Å². The number of halogens is 2. The average molecular weight is 390 g/mol. The van der Waals surface area contributed by atoms with E-state index in [9.17, 15) is 13.4 Å². The Balaban J connectivity index is 1.77. The summed E-state index contributed by atoms with van der Waals surface area (Å²) in [6, 6.07) is 12.5. The summed E-state index contributed by atoms with van der Waals surface area (Å²) in [4.78, 5) is 12.7. The Labute approximate surface area is 156 Å². The first-order chi connectivity index (χ1) is 12.5. The molecule has 0 saturated carbocycles. The molecule has 1 N–H and O–H groups in total. The van der Waals surface area contributed by atoms with E-state index in [1.807, 2.05) is 0 Å². The van der Waals surface area contributed by atoms with E-state index in [1.54, 1.807) is 36.4 Å². The molecule has 0 fully saturated rings. The van der Waals surface area contributed by atoms with Crippen molar-refractivity contribution >= 4 is 34.1 Å². The zero-order valence-electron chi connectivity index (χ0n) is 13.4. The van der Waals surface area contributed by atoms with Crippen LogP contribution in [0.25, 0.3) is 5.69 Å². The van der Waals surface area contributed by atoms with Crippen LogP contribution in [0.1, 0.15) is 21.6 Å². The van der Waals surface area contributed by atoms with Crippen molar-refractivity contribution in [3.05, 3.63) is 76.2 Å². The molecule has 3 aromatic rings. The molecule has 1 amide bonds. The van der Waals surface area contributed by atoms with Gasteiger partial charge in [-0.3, -0.25) is 9.00 Å². The molecule has 8 heteroatoms. The summed E-state index contributed by atoms with van der Waals surface area (Å²) in [5.41, 5.74) is 2.32. The zero-order chi connectivity index (χ0) is 18.3. The van der Waals surface area contributed by atoms with Gasteiger partial charge in [0.15, 0.2) is 0 Å². The van der Waals surface area contributed by atoms with Gasteiger partial charge in [0.1, 0.15) is 11.6 Å². The lowest BCUT2D eigenvalue weighted by atomic mass is 10.2. The Kier molecular flexibility index (Phi) is 4.34. The topological polar surface area (TPSA) is 64.0 Å². The lowest BCUT2D eigenvalue weighted by molar-refractivity contribution is 0.102. The van der Waals surface area contributed by atoms with Crippen molar-refractivity contribution in [3.8, 4) is 5.69 Å². The van der Waals surface area contributed by atoms with Gasteiger partial charge in [-0.05, 0) is 36.4 Å². The number of rotatable bonds is 3. The van der Waals surface area contributed by atoms with Gasteiger partial charge in [-0.2, -0.15) is 5.10 Å². The molecule has 5 nitrogen and oxygen atoms in total. The Hall–Kier alpha value is -2.51. The first kappa shape index (κ1) is 16.9. The minimum absolute atomic E-state index is 0.314. The van der Waals surface area contributed by atoms with E-state index in [2.05, 4.69) is 10.4 Å². The van der Waals surface area contributed by atoms with Gasteiger partial charge in [0, 0.05) is 16.4 Å². The fraction of sp³-hybridized carbons (Fsp3) is 0.111. The number of carbonyl (C=O) groups excluding carboxylic acids is 1. The smallest absolute Gasteiger partial charge is 0.258 e. The highest BCUT2D eigenvalue weighted by Crippen LogP contribution is 2.32. The van der Waals surface area contributed by atoms with Crippen LogP contribution >= 0.6 is 11.6 Å². The van der Waals surface area contributed by atoms with Crippen LogP contribution < -0.4 is 5.32 Å². The van der Waals surface area contributed by atoms with Crippen LogP contribution in [-0.4, -0.2) is 19.9 Å². The molecule has 1 aliphatic rings. The predicted molar refractivity (Wildman–Crippen MR) is 98.5 cm³/mol. The monoisotopic (exact) mass is 389 g/mol. The number of benzene rings is 2. The van der Waals surface area contributed by atoms with Gasteiger partial charge < -0.3 is 5.32 Å². The molecule has 0 spiro atoms. The van der Waals surface area contributed by atoms with Crippen LogP contribution in [0.15, 0.2) is 48.5 Å². The minimum atomic E-state index is -1.04. The maximum absolute atomic E-state index is 13.2. The van der Waals surface area contributed by atoms with Crippen molar-refractivity contribution in [3.63, 3.8) is 0 Å². The summed E-state index contributed by atoms with van der Waals surface area (Å²) in [7, 11) is -1.04. The Morgan fingerprint density at radius 1 is 1.15 bits per heavy atom. The van der Waals surface area contributed by atoms with E-state index in [0.29, 0.717) is 39.3 Å². The molecule has 0 bridgehead atoms. The summed E-state index contributed by atoms with van der Waals surface area (Å²) in [6.45, 7) is 0. The second-order valence-electron chi connectivity index (χ2n) is 5.82. The minimum Gasteiger partial charge on any atom is -0.306 e. The molecule has 1 aliphatic heterocycles. The molecule has 26 heavy (non-hydrogen) atoms. The Morgan fingerprint density at radius 2 is 1.88 bits per heavy atom. The standard InChI is InChI=1S/C18H13ClFN3O2S/c19-15-4-2-1-3-13(15)18(24)21-17-14-9-26(25)10-16(14)22-23(17)12-7-5-11(20)6-8-12/h1-8H,9-10H2,(H,21,24)/t26-/m0/s1. The molecular weight excluding hydrogens is 377 g/mol. The molecule has 2 heterocycles. The number of aromatic nitrogens is 2. The summed E-state index contributed by atoms with van der Waals surface area (Å²) >= 11 is 6.10. The Morgan fingerprint density at radius 3 is 2.62 bits per heavy atom. The zero-order valence-corrected chi connectivity index (χ0v) is 15.0. The third-order valence-electron chi connectivity index (χ3n) is 4.09. The van der Waals surface area contributed by atoms with Gasteiger partial charge in [0.25, 0.3) is 5.91 Å². The molecule has 0 unspecified atom stereocenters. The molecule has 132 valence electrons. The molecule has 0 aliphatic carbocycles. The molecule has 0 saturated heterocycles. The van der Waals surface area contributed by atoms with Crippen LogP contribution in [0.2, 0.25) is 5.02 Å². The number of hydrogen-bond acceptors (Lipinski definition) is 3. The SMILES string of the molecule is O=C(Nc1c2c(nn1-c1ccc(F)cc1)C[S@@](=O)C2)c1ccccc1Cl. The number of fused-ring (bicyclic) bond motifs is 1. The van der Waals surface area contributed by atoms with Gasteiger partial charge in [0.2, 0.25) is 0 Å². The van der Waals surface area contributed by atoms with Crippen LogP contribution in [-0.2, 0) is 22.3 Å². The summed E-state index contributed by atoms with van der Waals surface area (Å²) < 4.78 is 26.7. The first-order valence-corrected chi connectivity index (χ1v) is 9.67.